The maximum absolute atomic E-state index is 11.7. The molecule has 0 aliphatic heterocycles. The van der Waals surface area contributed by atoms with Crippen molar-refractivity contribution in [3.8, 4) is 35.1 Å². The molecule has 0 aliphatic carbocycles. The molecule has 0 saturated heterocycles. The minimum absolute atomic E-state index is 0. The standard InChI is InChI=1S/2C17H17N2O3.2C2H3N.2Fe/c2*20-15(11-18-9-13-5-1-3-7-16(13)21)12-19-10-14-6-2-4-8-17(14)22;2*1-2-3;;/h2*1-10,15,21-22H,11-12H2;2*1H3;;/q2*-1;;;2*+3/p-4. The molecule has 0 saturated carbocycles. The van der Waals surface area contributed by atoms with E-state index in [1.54, 1.807) is 84.9 Å². The smallest absolute Gasteiger partial charge is 0.872 e. The van der Waals surface area contributed by atoms with Crippen LogP contribution < -0.4 is 30.6 Å². The zero-order chi connectivity index (χ0) is 37.0. The molecule has 0 atom stereocenters. The van der Waals surface area contributed by atoms with Crippen LogP contribution in [0.3, 0.4) is 0 Å². The van der Waals surface area contributed by atoms with Crippen LogP contribution in [0.25, 0.3) is 0 Å². The summed E-state index contributed by atoms with van der Waals surface area (Å²) in [6.07, 6.45) is 3.61. The first-order valence-electron chi connectivity index (χ1n) is 15.1. The van der Waals surface area contributed by atoms with E-state index in [0.29, 0.717) is 22.3 Å². The molecule has 0 N–H and O–H groups in total. The van der Waals surface area contributed by atoms with Crippen molar-refractivity contribution in [1.29, 1.82) is 10.5 Å². The van der Waals surface area contributed by atoms with E-state index >= 15 is 0 Å². The third kappa shape index (κ3) is 21.7. The monoisotopic (exact) mass is 784 g/mol. The van der Waals surface area contributed by atoms with Crippen molar-refractivity contribution in [2.45, 2.75) is 26.1 Å². The summed E-state index contributed by atoms with van der Waals surface area (Å²) >= 11 is 0. The van der Waals surface area contributed by atoms with Gasteiger partial charge in [-0.15, -0.1) is 23.0 Å². The zero-order valence-electron chi connectivity index (χ0n) is 28.4. The van der Waals surface area contributed by atoms with Crippen molar-refractivity contribution in [3.05, 3.63) is 119 Å². The Morgan fingerprint density at radius 1 is 0.462 bits per heavy atom. The fourth-order valence-corrected chi connectivity index (χ4v) is 3.54. The molecule has 14 heteroatoms. The average molecular weight is 784 g/mol. The quantitative estimate of drug-likeness (QED) is 0.149. The van der Waals surface area contributed by atoms with Gasteiger partial charge < -0.3 is 30.6 Å². The van der Waals surface area contributed by atoms with Crippen LogP contribution in [0, 0.1) is 22.7 Å². The molecule has 0 aliphatic rings. The largest absolute Gasteiger partial charge is 3.00 e. The van der Waals surface area contributed by atoms with Crippen molar-refractivity contribution in [2.75, 3.05) is 26.2 Å². The van der Waals surface area contributed by atoms with Gasteiger partial charge >= 0.3 is 34.1 Å². The van der Waals surface area contributed by atoms with Crippen LogP contribution in [-0.2, 0) is 34.1 Å². The zero-order valence-corrected chi connectivity index (χ0v) is 30.6. The summed E-state index contributed by atoms with van der Waals surface area (Å²) in [6, 6.07) is 29.4. The van der Waals surface area contributed by atoms with Crippen LogP contribution >= 0.6 is 0 Å². The molecular weight excluding hydrogens is 748 g/mol. The van der Waals surface area contributed by atoms with Crippen molar-refractivity contribution in [2.24, 2.45) is 20.0 Å². The summed E-state index contributed by atoms with van der Waals surface area (Å²) < 4.78 is 0. The van der Waals surface area contributed by atoms with Crippen molar-refractivity contribution < 1.29 is 64.8 Å². The van der Waals surface area contributed by atoms with Crippen molar-refractivity contribution in [3.63, 3.8) is 0 Å². The maximum Gasteiger partial charge on any atom is 3.00 e. The van der Waals surface area contributed by atoms with E-state index in [2.05, 4.69) is 20.0 Å². The first-order valence-corrected chi connectivity index (χ1v) is 15.1. The van der Waals surface area contributed by atoms with Gasteiger partial charge in [0, 0.05) is 64.9 Å². The second-order valence-corrected chi connectivity index (χ2v) is 9.82. The Hall–Kier alpha value is -5.30. The van der Waals surface area contributed by atoms with E-state index in [4.69, 9.17) is 10.5 Å². The average Bonchev–Trinajstić information content (AvgIpc) is 3.09. The molecule has 0 bridgehead atoms. The Labute approximate surface area is 325 Å². The second kappa shape index (κ2) is 30.5. The SMILES string of the molecule is CC#N.CC#N.[Fe+3].[Fe+3].[O-]c1ccccc1C=NCC([O-])CN=Cc1ccccc1[O-].[O-]c1ccccc1C=NCC([O-])CN=Cc1ccccc1[O-]. The predicted octanol–water partition coefficient (Wildman–Crippen LogP) is 1.26. The molecule has 2 radical (unpaired) electrons. The fourth-order valence-electron chi connectivity index (χ4n) is 3.54. The topological polar surface area (TPSA) is 235 Å². The fraction of sp³-hybridized carbons (Fsp3) is 0.211. The van der Waals surface area contributed by atoms with Gasteiger partial charge in [0.2, 0.25) is 0 Å². The molecule has 0 aromatic heterocycles. The summed E-state index contributed by atoms with van der Waals surface area (Å²) in [5, 5.41) is 83.8. The van der Waals surface area contributed by atoms with Crippen molar-refractivity contribution >= 4 is 24.9 Å². The third-order valence-electron chi connectivity index (χ3n) is 5.83. The van der Waals surface area contributed by atoms with Crippen LogP contribution in [0.5, 0.6) is 23.0 Å². The first kappa shape index (κ1) is 48.8. The molecule has 0 unspecified atom stereocenters. The van der Waals surface area contributed by atoms with Crippen LogP contribution in [0.1, 0.15) is 36.1 Å². The van der Waals surface area contributed by atoms with Gasteiger partial charge in [-0.3, -0.25) is 20.0 Å². The molecule has 12 nitrogen and oxygen atoms in total. The summed E-state index contributed by atoms with van der Waals surface area (Å²) in [7, 11) is 0. The number of hydrogen-bond donors (Lipinski definition) is 0. The Bertz CT molecular complexity index is 1530. The Kier molecular flexibility index (Phi) is 28.6. The van der Waals surface area contributed by atoms with Crippen LogP contribution in [0.4, 0.5) is 0 Å². The number of nitrogens with zero attached hydrogens (tertiary/aromatic N) is 6. The van der Waals surface area contributed by atoms with E-state index in [0.717, 1.165) is 0 Å². The van der Waals surface area contributed by atoms with E-state index in [1.165, 1.54) is 63.0 Å². The Morgan fingerprint density at radius 3 is 0.808 bits per heavy atom. The van der Waals surface area contributed by atoms with Gasteiger partial charge in [-0.25, -0.2) is 0 Å². The van der Waals surface area contributed by atoms with E-state index in [9.17, 15) is 30.6 Å². The van der Waals surface area contributed by atoms with Crippen LogP contribution in [0.15, 0.2) is 117 Å². The molecule has 4 rings (SSSR count). The second-order valence-electron chi connectivity index (χ2n) is 9.82. The van der Waals surface area contributed by atoms with E-state index < -0.39 is 12.2 Å². The van der Waals surface area contributed by atoms with Gasteiger partial charge in [0.05, 0.1) is 12.1 Å². The Balaban J connectivity index is 0. The number of rotatable bonds is 12. The molecule has 0 spiro atoms. The molecule has 4 aromatic rings. The van der Waals surface area contributed by atoms with Crippen molar-refractivity contribution in [1.82, 2.24) is 0 Å². The number of para-hydroxylation sites is 4. The number of aliphatic imine (C=N–C) groups is 4. The van der Waals surface area contributed by atoms with Gasteiger partial charge in [0.15, 0.2) is 0 Å². The minimum Gasteiger partial charge on any atom is -0.872 e. The Morgan fingerprint density at radius 2 is 0.635 bits per heavy atom. The summed E-state index contributed by atoms with van der Waals surface area (Å²) in [5.74, 6) is -0.505. The van der Waals surface area contributed by atoms with E-state index in [-0.39, 0.29) is 83.3 Å². The van der Waals surface area contributed by atoms with Gasteiger partial charge in [-0.05, 0) is 22.3 Å². The maximum atomic E-state index is 11.7. The summed E-state index contributed by atoms with van der Waals surface area (Å²) in [5.41, 5.74) is 1.83. The molecule has 270 valence electrons. The van der Waals surface area contributed by atoms with Gasteiger partial charge in [-0.2, -0.15) is 10.5 Å². The van der Waals surface area contributed by atoms with Gasteiger partial charge in [0.25, 0.3) is 0 Å². The molecule has 4 aromatic carbocycles. The summed E-state index contributed by atoms with van der Waals surface area (Å²) in [4.78, 5) is 15.9. The van der Waals surface area contributed by atoms with Crippen LogP contribution in [-0.4, -0.2) is 63.2 Å². The molecular formula is C38H36Fe2N6O6. The number of benzene rings is 4. The third-order valence-corrected chi connectivity index (χ3v) is 5.83. The molecule has 52 heavy (non-hydrogen) atoms. The minimum atomic E-state index is -1.01. The van der Waals surface area contributed by atoms with E-state index in [1.807, 2.05) is 0 Å². The van der Waals surface area contributed by atoms with Gasteiger partial charge in [-0.1, -0.05) is 109 Å². The number of hydrogen-bond acceptors (Lipinski definition) is 12. The molecule has 0 heterocycles. The summed E-state index contributed by atoms with van der Waals surface area (Å²) in [6.45, 7) is 2.99. The van der Waals surface area contributed by atoms with Crippen LogP contribution in [0.2, 0.25) is 0 Å². The predicted molar refractivity (Wildman–Crippen MR) is 184 cm³/mol. The first-order chi connectivity index (χ1) is 24.2. The number of nitriles is 2. The van der Waals surface area contributed by atoms with Gasteiger partial charge in [0.1, 0.15) is 0 Å². The normalized spacial score (nSPS) is 11.3. The molecule has 0 fully saturated rings. The molecule has 0 amide bonds.